The van der Waals surface area contributed by atoms with Crippen LogP contribution < -0.4 is 18.9 Å². The average molecular weight is 404 g/mol. The molecule has 0 bridgehead atoms. The van der Waals surface area contributed by atoms with Crippen molar-refractivity contribution in [2.45, 2.75) is 0 Å². The minimum atomic E-state index is -0.487. The molecule has 150 valence electrons. The van der Waals surface area contributed by atoms with Crippen LogP contribution in [-0.2, 0) is 0 Å². The lowest BCUT2D eigenvalue weighted by Crippen LogP contribution is -1.93. The van der Waals surface area contributed by atoms with Crippen molar-refractivity contribution >= 4 is 38.5 Å². The summed E-state index contributed by atoms with van der Waals surface area (Å²) in [6, 6.07) is 9.32. The van der Waals surface area contributed by atoms with E-state index in [1.807, 2.05) is 30.3 Å². The molecule has 3 aromatic carbocycles. The van der Waals surface area contributed by atoms with E-state index in [9.17, 15) is 10.1 Å². The Morgan fingerprint density at radius 2 is 1.60 bits per heavy atom. The number of methoxy groups -OCH3 is 2. The van der Waals surface area contributed by atoms with E-state index >= 15 is 0 Å². The fraction of sp³-hybridized carbons (Fsp3) is 0.136. The third-order valence-corrected chi connectivity index (χ3v) is 5.20. The summed E-state index contributed by atoms with van der Waals surface area (Å²) in [7, 11) is 3.12. The molecule has 0 saturated heterocycles. The van der Waals surface area contributed by atoms with Gasteiger partial charge in [0.2, 0.25) is 13.0 Å². The Balaban J connectivity index is 1.92. The number of pyridine rings is 1. The first-order valence-electron chi connectivity index (χ1n) is 9.11. The van der Waals surface area contributed by atoms with Gasteiger partial charge in [0.15, 0.2) is 23.0 Å². The van der Waals surface area contributed by atoms with Crippen molar-refractivity contribution in [1.29, 1.82) is 0 Å². The van der Waals surface area contributed by atoms with Gasteiger partial charge in [-0.1, -0.05) is 0 Å². The highest BCUT2D eigenvalue weighted by Crippen LogP contribution is 2.42. The maximum atomic E-state index is 11.0. The average Bonchev–Trinajstić information content (AvgIpc) is 3.22. The van der Waals surface area contributed by atoms with Crippen LogP contribution in [-0.4, -0.2) is 30.9 Å². The second-order valence-electron chi connectivity index (χ2n) is 6.76. The summed E-state index contributed by atoms with van der Waals surface area (Å²) in [5.74, 6) is 2.39. The Kier molecular flexibility index (Phi) is 4.06. The molecule has 0 radical (unpaired) electrons. The van der Waals surface area contributed by atoms with E-state index in [4.69, 9.17) is 18.9 Å². The topological polar surface area (TPSA) is 93.0 Å². The van der Waals surface area contributed by atoms with Crippen molar-refractivity contribution in [3.05, 3.63) is 58.4 Å². The van der Waals surface area contributed by atoms with E-state index in [1.165, 1.54) is 6.08 Å². The lowest BCUT2D eigenvalue weighted by molar-refractivity contribution is -0.400. The van der Waals surface area contributed by atoms with Crippen LogP contribution in [0.15, 0.2) is 42.7 Å². The molecular formula is C22H16N2O6. The van der Waals surface area contributed by atoms with E-state index in [-0.39, 0.29) is 6.79 Å². The van der Waals surface area contributed by atoms with E-state index < -0.39 is 4.92 Å². The Labute approximate surface area is 170 Å². The molecule has 0 saturated carbocycles. The number of hydrogen-bond acceptors (Lipinski definition) is 7. The summed E-state index contributed by atoms with van der Waals surface area (Å²) < 4.78 is 21.9. The van der Waals surface area contributed by atoms with Crippen LogP contribution in [0.25, 0.3) is 38.5 Å². The van der Waals surface area contributed by atoms with Gasteiger partial charge in [-0.15, -0.1) is 0 Å². The summed E-state index contributed by atoms with van der Waals surface area (Å²) in [4.78, 5) is 15.1. The molecule has 0 fully saturated rings. The number of rotatable bonds is 4. The molecule has 4 aromatic rings. The summed E-state index contributed by atoms with van der Waals surface area (Å²) >= 11 is 0. The zero-order valence-corrected chi connectivity index (χ0v) is 16.2. The molecule has 8 heteroatoms. The van der Waals surface area contributed by atoms with Crippen molar-refractivity contribution in [3.63, 3.8) is 0 Å². The zero-order valence-electron chi connectivity index (χ0n) is 16.2. The van der Waals surface area contributed by atoms with Gasteiger partial charge in [0.1, 0.15) is 0 Å². The first-order valence-corrected chi connectivity index (χ1v) is 9.11. The molecule has 1 aliphatic heterocycles. The fourth-order valence-electron chi connectivity index (χ4n) is 3.83. The second-order valence-corrected chi connectivity index (χ2v) is 6.76. The predicted octanol–water partition coefficient (Wildman–Crippen LogP) is 4.53. The minimum absolute atomic E-state index is 0.167. The summed E-state index contributed by atoms with van der Waals surface area (Å²) in [5, 5.41) is 15.2. The van der Waals surface area contributed by atoms with Crippen molar-refractivity contribution in [3.8, 4) is 23.0 Å². The van der Waals surface area contributed by atoms with Gasteiger partial charge < -0.3 is 18.9 Å². The summed E-state index contributed by atoms with van der Waals surface area (Å²) in [6.45, 7) is 0.167. The number of ether oxygens (including phenoxy) is 4. The van der Waals surface area contributed by atoms with Crippen molar-refractivity contribution in [2.75, 3.05) is 21.0 Å². The van der Waals surface area contributed by atoms with E-state index in [0.717, 1.165) is 38.6 Å². The van der Waals surface area contributed by atoms with Gasteiger partial charge in [0, 0.05) is 29.1 Å². The highest BCUT2D eigenvalue weighted by Gasteiger charge is 2.18. The summed E-state index contributed by atoms with van der Waals surface area (Å²) in [5.41, 5.74) is 1.43. The molecule has 1 aromatic heterocycles. The lowest BCUT2D eigenvalue weighted by Gasteiger charge is -2.14. The maximum absolute atomic E-state index is 11.0. The number of aromatic nitrogens is 1. The van der Waals surface area contributed by atoms with Gasteiger partial charge in [0.25, 0.3) is 0 Å². The molecule has 8 nitrogen and oxygen atoms in total. The molecule has 2 heterocycles. The first-order chi connectivity index (χ1) is 14.6. The highest BCUT2D eigenvalue weighted by atomic mass is 16.7. The molecule has 0 N–H and O–H groups in total. The van der Waals surface area contributed by atoms with E-state index in [0.29, 0.717) is 28.6 Å². The highest BCUT2D eigenvalue weighted by molar-refractivity contribution is 6.19. The molecule has 30 heavy (non-hydrogen) atoms. The van der Waals surface area contributed by atoms with Gasteiger partial charge >= 0.3 is 0 Å². The molecule has 0 unspecified atom stereocenters. The fourth-order valence-corrected chi connectivity index (χ4v) is 3.83. The zero-order chi connectivity index (χ0) is 20.8. The SMILES string of the molecule is COc1cc2c(/C=C/[N+](=O)[O-])cc3c4cc5c(cc4ncc3c2cc1OC)OCO5. The van der Waals surface area contributed by atoms with Gasteiger partial charge in [-0.25, -0.2) is 0 Å². The second kappa shape index (κ2) is 6.77. The molecule has 0 aliphatic carbocycles. The van der Waals surface area contributed by atoms with E-state index in [1.54, 1.807) is 20.4 Å². The largest absolute Gasteiger partial charge is 0.493 e. The number of hydrogen-bond donors (Lipinski definition) is 0. The Morgan fingerprint density at radius 3 is 2.30 bits per heavy atom. The van der Waals surface area contributed by atoms with Gasteiger partial charge in [0.05, 0.1) is 24.7 Å². The monoisotopic (exact) mass is 404 g/mol. The third-order valence-electron chi connectivity index (χ3n) is 5.20. The standard InChI is InChI=1S/C22H16N2O6/c1-27-19-6-13-12(3-4-24(25)26)5-14-16-8-21-22(30-11-29-21)9-18(16)23-10-17(14)15(13)7-20(19)28-2/h3-10H,11H2,1-2H3/b4-3+. The Morgan fingerprint density at radius 1 is 0.933 bits per heavy atom. The first kappa shape index (κ1) is 18.0. The van der Waals surface area contributed by atoms with Crippen LogP contribution in [0.5, 0.6) is 23.0 Å². The van der Waals surface area contributed by atoms with E-state index in [2.05, 4.69) is 4.98 Å². The third kappa shape index (κ3) is 2.73. The molecule has 0 amide bonds. The Bertz CT molecular complexity index is 1380. The lowest BCUT2D eigenvalue weighted by atomic mass is 9.95. The van der Waals surface area contributed by atoms with Crippen LogP contribution in [0.2, 0.25) is 0 Å². The molecule has 0 spiro atoms. The molecule has 0 atom stereocenters. The number of fused-ring (bicyclic) bond motifs is 6. The minimum Gasteiger partial charge on any atom is -0.493 e. The van der Waals surface area contributed by atoms with Crippen molar-refractivity contribution < 1.29 is 23.9 Å². The number of nitro groups is 1. The van der Waals surface area contributed by atoms with Crippen molar-refractivity contribution in [2.24, 2.45) is 0 Å². The van der Waals surface area contributed by atoms with Crippen LogP contribution in [0.4, 0.5) is 0 Å². The normalized spacial score (nSPS) is 12.9. The molecule has 1 aliphatic rings. The molecule has 5 rings (SSSR count). The van der Waals surface area contributed by atoms with Gasteiger partial charge in [-0.05, 0) is 46.0 Å². The van der Waals surface area contributed by atoms with Gasteiger partial charge in [-0.3, -0.25) is 15.1 Å². The van der Waals surface area contributed by atoms with Crippen LogP contribution >= 0.6 is 0 Å². The number of benzene rings is 3. The van der Waals surface area contributed by atoms with Gasteiger partial charge in [-0.2, -0.15) is 0 Å². The van der Waals surface area contributed by atoms with Crippen LogP contribution in [0.3, 0.4) is 0 Å². The molecular weight excluding hydrogens is 388 g/mol. The number of nitrogens with zero attached hydrogens (tertiary/aromatic N) is 2. The van der Waals surface area contributed by atoms with Crippen LogP contribution in [0.1, 0.15) is 5.56 Å². The smallest absolute Gasteiger partial charge is 0.235 e. The predicted molar refractivity (Wildman–Crippen MR) is 112 cm³/mol. The van der Waals surface area contributed by atoms with Crippen LogP contribution in [0, 0.1) is 10.1 Å². The maximum Gasteiger partial charge on any atom is 0.235 e. The quantitative estimate of drug-likeness (QED) is 0.280. The van der Waals surface area contributed by atoms with Crippen molar-refractivity contribution in [1.82, 2.24) is 4.98 Å². The Hall–Kier alpha value is -4.07. The summed E-state index contributed by atoms with van der Waals surface area (Å²) in [6.07, 6.45) is 4.19.